The van der Waals surface area contributed by atoms with Gasteiger partial charge in [-0.05, 0) is 58.1 Å². The first-order chi connectivity index (χ1) is 19.7. The summed E-state index contributed by atoms with van der Waals surface area (Å²) in [5.74, 6) is 0. The van der Waals surface area contributed by atoms with E-state index in [2.05, 4.69) is 60.7 Å². The number of nitrogens with two attached hydrogens (primary N) is 1. The summed E-state index contributed by atoms with van der Waals surface area (Å²) in [5, 5.41) is 3.29. The van der Waals surface area contributed by atoms with E-state index in [0.29, 0.717) is 16.7 Å². The Labute approximate surface area is 229 Å². The number of imidazole rings is 1. The van der Waals surface area contributed by atoms with Gasteiger partial charge in [-0.3, -0.25) is 9.20 Å². The first-order valence-corrected chi connectivity index (χ1v) is 13.3. The lowest BCUT2D eigenvalue weighted by Gasteiger charge is -2.14. The normalized spacial score (nSPS) is 11.7. The van der Waals surface area contributed by atoms with Crippen molar-refractivity contribution in [3.8, 4) is 33.4 Å². The molecule has 0 amide bonds. The quantitative estimate of drug-likeness (QED) is 0.242. The summed E-state index contributed by atoms with van der Waals surface area (Å²) >= 11 is 0. The van der Waals surface area contributed by atoms with Crippen molar-refractivity contribution in [2.75, 3.05) is 5.73 Å². The van der Waals surface area contributed by atoms with E-state index in [9.17, 15) is 4.79 Å². The van der Waals surface area contributed by atoms with Crippen molar-refractivity contribution in [2.45, 2.75) is 0 Å². The van der Waals surface area contributed by atoms with Crippen LogP contribution in [0.3, 0.4) is 0 Å². The molecule has 2 aromatic heterocycles. The van der Waals surface area contributed by atoms with Crippen molar-refractivity contribution < 1.29 is 0 Å². The van der Waals surface area contributed by atoms with Gasteiger partial charge in [-0.25, -0.2) is 4.98 Å². The average molecular weight is 514 g/mol. The van der Waals surface area contributed by atoms with Gasteiger partial charge in [0.05, 0.1) is 11.0 Å². The molecule has 0 spiro atoms. The number of nitrogen functional groups attached to an aromatic ring is 1. The van der Waals surface area contributed by atoms with Crippen molar-refractivity contribution in [3.05, 3.63) is 138 Å². The van der Waals surface area contributed by atoms with E-state index in [4.69, 9.17) is 10.7 Å². The maximum absolute atomic E-state index is 14.3. The van der Waals surface area contributed by atoms with Gasteiger partial charge >= 0.3 is 0 Å². The van der Waals surface area contributed by atoms with Gasteiger partial charge in [-0.15, -0.1) is 0 Å². The Hall–Kier alpha value is -5.48. The molecule has 0 unspecified atom stereocenters. The second kappa shape index (κ2) is 8.52. The fourth-order valence-corrected chi connectivity index (χ4v) is 6.06. The van der Waals surface area contributed by atoms with Crippen LogP contribution in [0.2, 0.25) is 0 Å². The van der Waals surface area contributed by atoms with Crippen LogP contribution in [0.5, 0.6) is 0 Å². The van der Waals surface area contributed by atoms with E-state index in [1.165, 1.54) is 0 Å². The van der Waals surface area contributed by atoms with Crippen molar-refractivity contribution in [1.82, 2.24) is 9.38 Å². The number of fused-ring (bicyclic) bond motifs is 4. The van der Waals surface area contributed by atoms with E-state index >= 15 is 0 Å². The Balaban J connectivity index is 1.55. The fraction of sp³-hybridized carbons (Fsp3) is 0. The third-order valence-electron chi connectivity index (χ3n) is 7.90. The molecule has 188 valence electrons. The van der Waals surface area contributed by atoms with Crippen LogP contribution >= 0.6 is 0 Å². The minimum atomic E-state index is -0.0931. The van der Waals surface area contributed by atoms with Crippen LogP contribution in [0.25, 0.3) is 71.6 Å². The maximum Gasteiger partial charge on any atom is 0.264 e. The van der Waals surface area contributed by atoms with E-state index in [1.807, 2.05) is 66.7 Å². The van der Waals surface area contributed by atoms with Crippen LogP contribution in [-0.2, 0) is 0 Å². The maximum atomic E-state index is 14.3. The number of anilines is 1. The molecule has 6 aromatic carbocycles. The molecule has 0 atom stereocenters. The Morgan fingerprint density at radius 2 is 1.15 bits per heavy atom. The van der Waals surface area contributed by atoms with E-state index < -0.39 is 0 Å². The monoisotopic (exact) mass is 513 g/mol. The standard InChI is InChI=1S/C36H23N3O/c37-30-19-18-28-32-27(17-16-26(33(30)32)23-12-6-2-7-13-23)35-38-34-29(24-14-8-3-9-15-24)20-25(22-10-4-1-5-11-22)21-31(34)39(35)36(28)40/h1-21H,37H2. The second-order valence-corrected chi connectivity index (χ2v) is 10.2. The summed E-state index contributed by atoms with van der Waals surface area (Å²) < 4.78 is 1.78. The molecule has 0 radical (unpaired) electrons. The van der Waals surface area contributed by atoms with Crippen LogP contribution in [0.4, 0.5) is 5.69 Å². The van der Waals surface area contributed by atoms with Crippen molar-refractivity contribution >= 4 is 43.9 Å². The van der Waals surface area contributed by atoms with Crippen molar-refractivity contribution in [3.63, 3.8) is 0 Å². The van der Waals surface area contributed by atoms with Gasteiger partial charge in [-0.2, -0.15) is 0 Å². The molecule has 8 aromatic rings. The third-order valence-corrected chi connectivity index (χ3v) is 7.90. The zero-order chi connectivity index (χ0) is 26.8. The van der Waals surface area contributed by atoms with Crippen LogP contribution in [0, 0.1) is 0 Å². The smallest absolute Gasteiger partial charge is 0.264 e. The summed E-state index contributed by atoms with van der Waals surface area (Å²) in [6.45, 7) is 0. The number of pyridine rings is 1. The van der Waals surface area contributed by atoms with Gasteiger partial charge in [0.25, 0.3) is 5.56 Å². The Morgan fingerprint density at radius 1 is 0.550 bits per heavy atom. The SMILES string of the molecule is Nc1ccc2c(=O)n3c4cc(-c5ccccc5)cc(-c5ccccc5)c4nc3c3ccc(-c4ccccc4)c1c23. The highest BCUT2D eigenvalue weighted by atomic mass is 16.1. The highest BCUT2D eigenvalue weighted by molar-refractivity contribution is 6.22. The predicted octanol–water partition coefficient (Wildman–Crippen LogP) is 8.18. The summed E-state index contributed by atoms with van der Waals surface area (Å²) in [5.41, 5.74) is 15.6. The van der Waals surface area contributed by atoms with Gasteiger partial charge in [0, 0.05) is 32.8 Å². The molecule has 8 rings (SSSR count). The second-order valence-electron chi connectivity index (χ2n) is 10.2. The number of hydrogen-bond acceptors (Lipinski definition) is 3. The molecule has 0 saturated heterocycles. The van der Waals surface area contributed by atoms with Crippen molar-refractivity contribution in [2.24, 2.45) is 0 Å². The molecule has 40 heavy (non-hydrogen) atoms. The first-order valence-electron chi connectivity index (χ1n) is 13.3. The minimum absolute atomic E-state index is 0.0931. The van der Waals surface area contributed by atoms with Gasteiger partial charge in [-0.1, -0.05) is 97.1 Å². The molecule has 0 aliphatic heterocycles. The molecule has 0 bridgehead atoms. The van der Waals surface area contributed by atoms with Gasteiger partial charge in [0.2, 0.25) is 0 Å². The van der Waals surface area contributed by atoms with E-state index in [-0.39, 0.29) is 5.56 Å². The summed E-state index contributed by atoms with van der Waals surface area (Å²) in [4.78, 5) is 19.5. The lowest BCUT2D eigenvalue weighted by molar-refractivity contribution is 1.19. The van der Waals surface area contributed by atoms with E-state index in [0.717, 1.165) is 60.6 Å². The molecule has 0 aliphatic rings. The van der Waals surface area contributed by atoms with Crippen LogP contribution < -0.4 is 11.3 Å². The molecule has 2 heterocycles. The molecule has 4 nitrogen and oxygen atoms in total. The zero-order valence-corrected chi connectivity index (χ0v) is 21.5. The lowest BCUT2D eigenvalue weighted by Crippen LogP contribution is -2.13. The number of nitrogens with zero attached hydrogens (tertiary/aromatic N) is 2. The molecule has 0 fully saturated rings. The molecular formula is C36H23N3O. The average Bonchev–Trinajstić information content (AvgIpc) is 3.41. The summed E-state index contributed by atoms with van der Waals surface area (Å²) in [7, 11) is 0. The summed E-state index contributed by atoms with van der Waals surface area (Å²) in [6.07, 6.45) is 0. The summed E-state index contributed by atoms with van der Waals surface area (Å²) in [6, 6.07) is 42.8. The molecular weight excluding hydrogens is 490 g/mol. The number of rotatable bonds is 3. The largest absolute Gasteiger partial charge is 0.398 e. The Bertz CT molecular complexity index is 2270. The molecule has 0 saturated carbocycles. The predicted molar refractivity (Wildman–Crippen MR) is 166 cm³/mol. The van der Waals surface area contributed by atoms with Crippen LogP contribution in [0.1, 0.15) is 0 Å². The minimum Gasteiger partial charge on any atom is -0.398 e. The highest BCUT2D eigenvalue weighted by Crippen LogP contribution is 2.40. The van der Waals surface area contributed by atoms with Crippen LogP contribution in [-0.4, -0.2) is 9.38 Å². The Morgan fingerprint density at radius 3 is 1.82 bits per heavy atom. The fourth-order valence-electron chi connectivity index (χ4n) is 6.06. The zero-order valence-electron chi connectivity index (χ0n) is 21.5. The number of benzene rings is 6. The van der Waals surface area contributed by atoms with Crippen molar-refractivity contribution in [1.29, 1.82) is 0 Å². The third kappa shape index (κ3) is 3.20. The molecule has 4 heteroatoms. The number of hydrogen-bond donors (Lipinski definition) is 1. The van der Waals surface area contributed by atoms with Gasteiger partial charge in [0.15, 0.2) is 0 Å². The molecule has 2 N–H and O–H groups in total. The topological polar surface area (TPSA) is 60.4 Å². The van der Waals surface area contributed by atoms with E-state index in [1.54, 1.807) is 4.40 Å². The highest BCUT2D eigenvalue weighted by Gasteiger charge is 2.21. The van der Waals surface area contributed by atoms with Crippen LogP contribution in [0.15, 0.2) is 132 Å². The lowest BCUT2D eigenvalue weighted by atomic mass is 9.93. The Kier molecular flexibility index (Phi) is 4.79. The molecule has 0 aliphatic carbocycles. The first kappa shape index (κ1) is 22.5. The van der Waals surface area contributed by atoms with Gasteiger partial charge < -0.3 is 5.73 Å². The van der Waals surface area contributed by atoms with Gasteiger partial charge in [0.1, 0.15) is 5.65 Å². The number of aromatic nitrogens is 2.